The predicted octanol–water partition coefficient (Wildman–Crippen LogP) is 3.94. The number of halogens is 1. The van der Waals surface area contributed by atoms with Crippen LogP contribution in [0.1, 0.15) is 24.6 Å². The van der Waals surface area contributed by atoms with E-state index in [4.69, 9.17) is 0 Å². The first-order valence-electron chi connectivity index (χ1n) is 5.70. The van der Waals surface area contributed by atoms with Crippen molar-refractivity contribution in [2.45, 2.75) is 25.8 Å². The summed E-state index contributed by atoms with van der Waals surface area (Å²) in [5.74, 6) is -0.137. The van der Waals surface area contributed by atoms with Crippen molar-refractivity contribution in [3.8, 4) is 11.3 Å². The zero-order valence-electron chi connectivity index (χ0n) is 9.28. The molecule has 1 fully saturated rings. The Morgan fingerprint density at radius 1 is 1.12 bits per heavy atom. The minimum absolute atomic E-state index is 0.137. The molecular weight excluding hydrogens is 201 g/mol. The highest BCUT2D eigenvalue weighted by molar-refractivity contribution is 5.62. The zero-order chi connectivity index (χ0) is 11.1. The van der Waals surface area contributed by atoms with E-state index in [2.05, 4.69) is 17.6 Å². The molecule has 0 amide bonds. The van der Waals surface area contributed by atoms with Crippen molar-refractivity contribution in [1.29, 1.82) is 0 Å². The molecule has 0 saturated heterocycles. The van der Waals surface area contributed by atoms with Crippen LogP contribution in [0.25, 0.3) is 11.3 Å². The van der Waals surface area contributed by atoms with Crippen LogP contribution in [0.3, 0.4) is 0 Å². The van der Waals surface area contributed by atoms with Crippen molar-refractivity contribution in [2.75, 3.05) is 0 Å². The van der Waals surface area contributed by atoms with Gasteiger partial charge in [-0.05, 0) is 44.0 Å². The summed E-state index contributed by atoms with van der Waals surface area (Å²) in [5, 5.41) is 0. The lowest BCUT2D eigenvalue weighted by Gasteiger charge is -2.11. The molecular formula is C14H14FN. The number of rotatable bonds is 2. The van der Waals surface area contributed by atoms with E-state index in [1.807, 2.05) is 18.2 Å². The largest absolute Gasteiger partial charge is 0.342 e. The first-order valence-corrected chi connectivity index (χ1v) is 5.70. The fourth-order valence-corrected chi connectivity index (χ4v) is 2.26. The number of hydrogen-bond acceptors (Lipinski definition) is 0. The smallest absolute Gasteiger partial charge is 0.132 e. The van der Waals surface area contributed by atoms with E-state index in [1.54, 1.807) is 6.07 Å². The summed E-state index contributed by atoms with van der Waals surface area (Å²) in [6, 6.07) is 11.7. The third kappa shape index (κ3) is 1.45. The van der Waals surface area contributed by atoms with E-state index < -0.39 is 0 Å². The maximum atomic E-state index is 13.7. The number of nitrogens with zero attached hydrogens (tertiary/aromatic N) is 1. The molecule has 1 saturated carbocycles. The summed E-state index contributed by atoms with van der Waals surface area (Å²) in [7, 11) is 0. The van der Waals surface area contributed by atoms with Gasteiger partial charge in [0.05, 0.1) is 5.69 Å². The Hall–Kier alpha value is -1.57. The average Bonchev–Trinajstić information content (AvgIpc) is 3.04. The quantitative estimate of drug-likeness (QED) is 0.715. The van der Waals surface area contributed by atoms with Crippen molar-refractivity contribution in [2.24, 2.45) is 0 Å². The van der Waals surface area contributed by atoms with Crippen LogP contribution in [-0.2, 0) is 0 Å². The number of benzene rings is 1. The van der Waals surface area contributed by atoms with Gasteiger partial charge in [-0.1, -0.05) is 12.1 Å². The minimum atomic E-state index is -0.137. The molecule has 0 atom stereocenters. The fraction of sp³-hybridized carbons (Fsp3) is 0.286. The van der Waals surface area contributed by atoms with Gasteiger partial charge in [-0.15, -0.1) is 0 Å². The lowest BCUT2D eigenvalue weighted by atomic mass is 10.1. The normalized spacial score (nSPS) is 15.4. The van der Waals surface area contributed by atoms with Crippen molar-refractivity contribution >= 4 is 0 Å². The van der Waals surface area contributed by atoms with Crippen molar-refractivity contribution in [1.82, 2.24) is 4.57 Å². The van der Waals surface area contributed by atoms with Gasteiger partial charge in [0, 0.05) is 17.3 Å². The lowest BCUT2D eigenvalue weighted by Crippen LogP contribution is -1.99. The van der Waals surface area contributed by atoms with Crippen molar-refractivity contribution < 1.29 is 4.39 Å². The van der Waals surface area contributed by atoms with Crippen LogP contribution in [0.5, 0.6) is 0 Å². The van der Waals surface area contributed by atoms with Crippen LogP contribution in [0.2, 0.25) is 0 Å². The van der Waals surface area contributed by atoms with Crippen molar-refractivity contribution in [3.63, 3.8) is 0 Å². The molecule has 1 heterocycles. The first kappa shape index (κ1) is 9.64. The Morgan fingerprint density at radius 3 is 2.56 bits per heavy atom. The van der Waals surface area contributed by atoms with Crippen LogP contribution in [-0.4, -0.2) is 4.57 Å². The van der Waals surface area contributed by atoms with E-state index >= 15 is 0 Å². The monoisotopic (exact) mass is 215 g/mol. The molecule has 16 heavy (non-hydrogen) atoms. The summed E-state index contributed by atoms with van der Waals surface area (Å²) in [5.41, 5.74) is 2.95. The van der Waals surface area contributed by atoms with Crippen molar-refractivity contribution in [3.05, 3.63) is 47.9 Å². The molecule has 2 heteroatoms. The second kappa shape index (κ2) is 3.48. The molecule has 1 aromatic heterocycles. The lowest BCUT2D eigenvalue weighted by molar-refractivity contribution is 0.627. The Balaban J connectivity index is 2.16. The van der Waals surface area contributed by atoms with Gasteiger partial charge in [0.1, 0.15) is 5.82 Å². The summed E-state index contributed by atoms with van der Waals surface area (Å²) < 4.78 is 16.0. The van der Waals surface area contributed by atoms with Gasteiger partial charge in [0.2, 0.25) is 0 Å². The predicted molar refractivity (Wildman–Crippen MR) is 62.8 cm³/mol. The number of aryl methyl sites for hydroxylation is 1. The van der Waals surface area contributed by atoms with Gasteiger partial charge in [0.15, 0.2) is 0 Å². The molecule has 0 unspecified atom stereocenters. The van der Waals surface area contributed by atoms with Gasteiger partial charge in [-0.25, -0.2) is 4.39 Å². The summed E-state index contributed by atoms with van der Waals surface area (Å²) in [4.78, 5) is 0. The number of aromatic nitrogens is 1. The minimum Gasteiger partial charge on any atom is -0.342 e. The molecule has 1 aromatic carbocycles. The Kier molecular flexibility index (Phi) is 2.10. The molecule has 1 nitrogen and oxygen atoms in total. The Labute approximate surface area is 94.5 Å². The maximum Gasteiger partial charge on any atom is 0.132 e. The van der Waals surface area contributed by atoms with E-state index in [0.29, 0.717) is 11.6 Å². The van der Waals surface area contributed by atoms with Crippen LogP contribution >= 0.6 is 0 Å². The Morgan fingerprint density at radius 2 is 1.88 bits per heavy atom. The van der Waals surface area contributed by atoms with Crippen LogP contribution < -0.4 is 0 Å². The van der Waals surface area contributed by atoms with Crippen LogP contribution in [0.15, 0.2) is 36.4 Å². The van der Waals surface area contributed by atoms with Crippen LogP contribution in [0, 0.1) is 12.7 Å². The molecule has 1 aliphatic rings. The SMILES string of the molecule is Cc1ccc(-c2ccccc2F)n1C1CC1. The zero-order valence-corrected chi connectivity index (χ0v) is 9.28. The summed E-state index contributed by atoms with van der Waals surface area (Å²) in [6.45, 7) is 2.09. The van der Waals surface area contributed by atoms with Gasteiger partial charge < -0.3 is 4.57 Å². The third-order valence-electron chi connectivity index (χ3n) is 3.18. The molecule has 3 rings (SSSR count). The molecule has 1 aliphatic carbocycles. The van der Waals surface area contributed by atoms with E-state index in [0.717, 1.165) is 5.69 Å². The van der Waals surface area contributed by atoms with Gasteiger partial charge >= 0.3 is 0 Å². The van der Waals surface area contributed by atoms with E-state index in [-0.39, 0.29) is 5.82 Å². The topological polar surface area (TPSA) is 4.93 Å². The van der Waals surface area contributed by atoms with Gasteiger partial charge in [-0.3, -0.25) is 0 Å². The molecule has 82 valence electrons. The maximum absolute atomic E-state index is 13.7. The average molecular weight is 215 g/mol. The van der Waals surface area contributed by atoms with Gasteiger partial charge in [0.25, 0.3) is 0 Å². The van der Waals surface area contributed by atoms with Gasteiger partial charge in [-0.2, -0.15) is 0 Å². The third-order valence-corrected chi connectivity index (χ3v) is 3.18. The summed E-state index contributed by atoms with van der Waals surface area (Å²) in [6.07, 6.45) is 2.44. The second-order valence-electron chi connectivity index (χ2n) is 4.44. The summed E-state index contributed by atoms with van der Waals surface area (Å²) >= 11 is 0. The molecule has 0 aliphatic heterocycles. The molecule has 0 radical (unpaired) electrons. The number of hydrogen-bond donors (Lipinski definition) is 0. The van der Waals surface area contributed by atoms with E-state index in [1.165, 1.54) is 24.6 Å². The molecule has 2 aromatic rings. The van der Waals surface area contributed by atoms with E-state index in [9.17, 15) is 4.39 Å². The highest BCUT2D eigenvalue weighted by atomic mass is 19.1. The second-order valence-corrected chi connectivity index (χ2v) is 4.44. The molecule has 0 N–H and O–H groups in total. The molecule has 0 bridgehead atoms. The highest BCUT2D eigenvalue weighted by Gasteiger charge is 2.27. The van der Waals surface area contributed by atoms with Crippen LogP contribution in [0.4, 0.5) is 4.39 Å². The highest BCUT2D eigenvalue weighted by Crippen LogP contribution is 2.40. The Bertz CT molecular complexity index is 523. The standard InChI is InChI=1S/C14H14FN/c1-10-6-9-14(16(10)11-7-8-11)12-4-2-3-5-13(12)15/h2-6,9,11H,7-8H2,1H3. The fourth-order valence-electron chi connectivity index (χ4n) is 2.26. The molecule has 0 spiro atoms. The first-order chi connectivity index (χ1) is 7.77.